The molecule has 1 N–H and O–H groups in total. The van der Waals surface area contributed by atoms with Crippen molar-refractivity contribution in [2.75, 3.05) is 11.9 Å². The number of hydrogen-bond donors (Lipinski definition) is 1. The number of aryl methyl sites for hydroxylation is 1. The second-order valence-electron chi connectivity index (χ2n) is 5.11. The number of hydrogen-bond acceptors (Lipinski definition) is 2. The third kappa shape index (κ3) is 4.40. The largest absolute Gasteiger partial charge is 0.384 e. The van der Waals surface area contributed by atoms with Crippen LogP contribution in [0.25, 0.3) is 0 Å². The van der Waals surface area contributed by atoms with Gasteiger partial charge in [0, 0.05) is 23.1 Å². The van der Waals surface area contributed by atoms with Gasteiger partial charge in [0.1, 0.15) is 0 Å². The summed E-state index contributed by atoms with van der Waals surface area (Å²) in [7, 11) is 0. The Labute approximate surface area is 112 Å². The van der Waals surface area contributed by atoms with E-state index < -0.39 is 0 Å². The zero-order chi connectivity index (χ0) is 12.9. The molecule has 0 unspecified atom stereocenters. The molecule has 1 aromatic carbocycles. The highest BCUT2D eigenvalue weighted by atomic mass is 79.9. The van der Waals surface area contributed by atoms with Gasteiger partial charge in [-0.1, -0.05) is 26.0 Å². The number of nitrogens with zero attached hydrogens (tertiary/aromatic N) is 1. The molecule has 17 heavy (non-hydrogen) atoms. The molecule has 0 aliphatic rings. The topological polar surface area (TPSA) is 35.8 Å². The average molecular weight is 295 g/mol. The maximum Gasteiger partial charge on any atom is 0.0621 e. The lowest BCUT2D eigenvalue weighted by atomic mass is 9.88. The van der Waals surface area contributed by atoms with Crippen LogP contribution in [-0.2, 0) is 0 Å². The predicted molar refractivity (Wildman–Crippen MR) is 76.0 cm³/mol. The van der Waals surface area contributed by atoms with E-state index in [1.54, 1.807) is 0 Å². The highest BCUT2D eigenvalue weighted by Gasteiger charge is 2.17. The van der Waals surface area contributed by atoms with E-state index in [-0.39, 0.29) is 5.41 Å². The maximum atomic E-state index is 8.62. The third-order valence-corrected chi connectivity index (χ3v) is 3.92. The number of halogens is 1. The Morgan fingerprint density at radius 1 is 1.41 bits per heavy atom. The van der Waals surface area contributed by atoms with Gasteiger partial charge in [0.05, 0.1) is 6.07 Å². The molecular formula is C14H19BrN2. The quantitative estimate of drug-likeness (QED) is 0.868. The van der Waals surface area contributed by atoms with Crippen molar-refractivity contribution in [1.29, 1.82) is 5.26 Å². The number of benzene rings is 1. The smallest absolute Gasteiger partial charge is 0.0621 e. The van der Waals surface area contributed by atoms with E-state index in [0.29, 0.717) is 6.42 Å². The first-order chi connectivity index (χ1) is 7.96. The minimum absolute atomic E-state index is 0.138. The summed E-state index contributed by atoms with van der Waals surface area (Å²) in [6, 6.07) is 8.40. The summed E-state index contributed by atoms with van der Waals surface area (Å²) in [5.74, 6) is 0. The zero-order valence-electron chi connectivity index (χ0n) is 10.7. The van der Waals surface area contributed by atoms with Crippen LogP contribution in [0.3, 0.4) is 0 Å². The summed E-state index contributed by atoms with van der Waals surface area (Å²) in [4.78, 5) is 0. The maximum absolute atomic E-state index is 8.62. The number of anilines is 1. The van der Waals surface area contributed by atoms with Crippen molar-refractivity contribution < 1.29 is 0 Å². The standard InChI is InChI=1S/C14H19BrN2/c1-11-6-4-7-12(13(11)15)17-10-14(2,3)8-5-9-16/h4,6-7,17H,5,8,10H2,1-3H3. The molecule has 0 heterocycles. The van der Waals surface area contributed by atoms with Gasteiger partial charge in [0.15, 0.2) is 0 Å². The lowest BCUT2D eigenvalue weighted by Crippen LogP contribution is -2.23. The van der Waals surface area contributed by atoms with Crippen LogP contribution in [0.15, 0.2) is 22.7 Å². The summed E-state index contributed by atoms with van der Waals surface area (Å²) in [5.41, 5.74) is 2.48. The van der Waals surface area contributed by atoms with E-state index in [2.05, 4.69) is 60.2 Å². The van der Waals surface area contributed by atoms with Gasteiger partial charge in [0.25, 0.3) is 0 Å². The van der Waals surface area contributed by atoms with Gasteiger partial charge in [-0.2, -0.15) is 5.26 Å². The minimum atomic E-state index is 0.138. The lowest BCUT2D eigenvalue weighted by Gasteiger charge is -2.25. The number of rotatable bonds is 5. The molecule has 0 spiro atoms. The van der Waals surface area contributed by atoms with Crippen molar-refractivity contribution >= 4 is 21.6 Å². The number of nitriles is 1. The Hall–Kier alpha value is -1.01. The minimum Gasteiger partial charge on any atom is -0.384 e. The highest BCUT2D eigenvalue weighted by molar-refractivity contribution is 9.10. The number of nitrogens with one attached hydrogen (secondary N) is 1. The predicted octanol–water partition coefficient (Wildman–Crippen LogP) is 4.50. The van der Waals surface area contributed by atoms with Crippen LogP contribution in [0.5, 0.6) is 0 Å². The van der Waals surface area contributed by atoms with Crippen LogP contribution >= 0.6 is 15.9 Å². The average Bonchev–Trinajstić information content (AvgIpc) is 2.29. The van der Waals surface area contributed by atoms with Gasteiger partial charge in [-0.05, 0) is 46.3 Å². The molecule has 0 saturated carbocycles. The second kappa shape index (κ2) is 6.07. The lowest BCUT2D eigenvalue weighted by molar-refractivity contribution is 0.364. The summed E-state index contributed by atoms with van der Waals surface area (Å²) in [6.45, 7) is 7.31. The van der Waals surface area contributed by atoms with Crippen molar-refractivity contribution in [3.63, 3.8) is 0 Å². The molecule has 0 saturated heterocycles. The fraction of sp³-hybridized carbons (Fsp3) is 0.500. The van der Waals surface area contributed by atoms with E-state index in [1.165, 1.54) is 5.56 Å². The second-order valence-corrected chi connectivity index (χ2v) is 5.91. The molecule has 0 radical (unpaired) electrons. The molecule has 0 atom stereocenters. The van der Waals surface area contributed by atoms with Gasteiger partial charge in [0.2, 0.25) is 0 Å². The molecule has 0 amide bonds. The monoisotopic (exact) mass is 294 g/mol. The molecule has 0 aliphatic carbocycles. The Bertz CT molecular complexity index is 419. The van der Waals surface area contributed by atoms with Crippen LogP contribution < -0.4 is 5.32 Å². The summed E-state index contributed by atoms with van der Waals surface area (Å²) in [5, 5.41) is 12.1. The molecule has 3 heteroatoms. The first kappa shape index (κ1) is 14.1. The van der Waals surface area contributed by atoms with E-state index >= 15 is 0 Å². The van der Waals surface area contributed by atoms with Crippen LogP contribution in [-0.4, -0.2) is 6.54 Å². The fourth-order valence-electron chi connectivity index (χ4n) is 1.60. The summed E-state index contributed by atoms with van der Waals surface area (Å²) >= 11 is 3.59. The highest BCUT2D eigenvalue weighted by Crippen LogP contribution is 2.28. The first-order valence-electron chi connectivity index (χ1n) is 5.82. The van der Waals surface area contributed by atoms with Gasteiger partial charge in [-0.15, -0.1) is 0 Å². The molecule has 1 rings (SSSR count). The molecule has 0 fully saturated rings. The summed E-state index contributed by atoms with van der Waals surface area (Å²) in [6.07, 6.45) is 1.53. The van der Waals surface area contributed by atoms with Crippen LogP contribution in [0.1, 0.15) is 32.3 Å². The van der Waals surface area contributed by atoms with Crippen molar-refractivity contribution in [2.24, 2.45) is 5.41 Å². The molecule has 0 bridgehead atoms. The molecule has 2 nitrogen and oxygen atoms in total. The molecular weight excluding hydrogens is 276 g/mol. The van der Waals surface area contributed by atoms with Crippen molar-refractivity contribution in [3.8, 4) is 6.07 Å². The fourth-order valence-corrected chi connectivity index (χ4v) is 2.01. The van der Waals surface area contributed by atoms with Crippen molar-refractivity contribution in [3.05, 3.63) is 28.2 Å². The molecule has 0 aromatic heterocycles. The van der Waals surface area contributed by atoms with E-state index in [9.17, 15) is 0 Å². The summed E-state index contributed by atoms with van der Waals surface area (Å²) < 4.78 is 1.12. The van der Waals surface area contributed by atoms with Gasteiger partial charge < -0.3 is 5.32 Å². The van der Waals surface area contributed by atoms with E-state index in [0.717, 1.165) is 23.1 Å². The van der Waals surface area contributed by atoms with Crippen molar-refractivity contribution in [2.45, 2.75) is 33.6 Å². The third-order valence-electron chi connectivity index (χ3n) is 2.86. The van der Waals surface area contributed by atoms with E-state index in [1.807, 2.05) is 6.07 Å². The van der Waals surface area contributed by atoms with Crippen LogP contribution in [0, 0.1) is 23.7 Å². The Morgan fingerprint density at radius 3 is 2.76 bits per heavy atom. The van der Waals surface area contributed by atoms with Gasteiger partial charge >= 0.3 is 0 Å². The van der Waals surface area contributed by atoms with Gasteiger partial charge in [-0.25, -0.2) is 0 Å². The Balaban J connectivity index is 2.61. The van der Waals surface area contributed by atoms with E-state index in [4.69, 9.17) is 5.26 Å². The molecule has 1 aromatic rings. The van der Waals surface area contributed by atoms with Crippen molar-refractivity contribution in [1.82, 2.24) is 0 Å². The van der Waals surface area contributed by atoms with Crippen LogP contribution in [0.2, 0.25) is 0 Å². The molecule has 0 aliphatic heterocycles. The zero-order valence-corrected chi connectivity index (χ0v) is 12.3. The molecule has 92 valence electrons. The Morgan fingerprint density at radius 2 is 2.12 bits per heavy atom. The van der Waals surface area contributed by atoms with Crippen LogP contribution in [0.4, 0.5) is 5.69 Å². The first-order valence-corrected chi connectivity index (χ1v) is 6.61. The normalized spacial score (nSPS) is 11.0. The SMILES string of the molecule is Cc1cccc(NCC(C)(C)CCC#N)c1Br. The Kier molecular flexibility index (Phi) is 5.02. The van der Waals surface area contributed by atoms with Gasteiger partial charge in [-0.3, -0.25) is 0 Å².